The summed E-state index contributed by atoms with van der Waals surface area (Å²) < 4.78 is 0. The van der Waals surface area contributed by atoms with E-state index in [9.17, 15) is 9.90 Å². The van der Waals surface area contributed by atoms with Gasteiger partial charge >= 0.3 is 0 Å². The fourth-order valence-electron chi connectivity index (χ4n) is 3.31. The van der Waals surface area contributed by atoms with Gasteiger partial charge in [0.2, 0.25) is 0 Å². The first kappa shape index (κ1) is 12.6. The smallest absolute Gasteiger partial charge is 0.190 e. The molecule has 0 radical (unpaired) electrons. The summed E-state index contributed by atoms with van der Waals surface area (Å²) in [5, 5.41) is 10.2. The molecule has 0 heterocycles. The lowest BCUT2D eigenvalue weighted by Gasteiger charge is -2.40. The molecule has 2 aliphatic rings. The van der Waals surface area contributed by atoms with Crippen LogP contribution in [0.25, 0.3) is 0 Å². The van der Waals surface area contributed by atoms with Crippen LogP contribution in [0.3, 0.4) is 0 Å². The van der Waals surface area contributed by atoms with Gasteiger partial charge in [-0.15, -0.1) is 0 Å². The van der Waals surface area contributed by atoms with Gasteiger partial charge in [-0.25, -0.2) is 0 Å². The van der Waals surface area contributed by atoms with Crippen molar-refractivity contribution < 1.29 is 9.90 Å². The number of ketones is 1. The number of rotatable bonds is 1. The fraction of sp³-hybridized carbons (Fsp3) is 0.667. The molecule has 2 rings (SSSR count). The second-order valence-electron chi connectivity index (χ2n) is 5.82. The molecule has 94 valence electrons. The van der Waals surface area contributed by atoms with Crippen molar-refractivity contribution in [3.8, 4) is 0 Å². The summed E-state index contributed by atoms with van der Waals surface area (Å²) in [7, 11) is 0. The quantitative estimate of drug-likeness (QED) is 0.708. The van der Waals surface area contributed by atoms with Crippen molar-refractivity contribution in [2.45, 2.75) is 46.6 Å². The van der Waals surface area contributed by atoms with E-state index in [4.69, 9.17) is 0 Å². The third-order valence-corrected chi connectivity index (χ3v) is 4.38. The first-order valence-electron chi connectivity index (χ1n) is 6.53. The van der Waals surface area contributed by atoms with Gasteiger partial charge in [-0.05, 0) is 49.7 Å². The van der Waals surface area contributed by atoms with Crippen LogP contribution in [0.2, 0.25) is 0 Å². The summed E-state index contributed by atoms with van der Waals surface area (Å²) in [6.07, 6.45) is 3.39. The lowest BCUT2D eigenvalue weighted by molar-refractivity contribution is -0.122. The number of carbonyl (C=O) groups is 1. The second-order valence-corrected chi connectivity index (χ2v) is 5.82. The monoisotopic (exact) mass is 234 g/mol. The van der Waals surface area contributed by atoms with E-state index in [0.29, 0.717) is 11.8 Å². The maximum Gasteiger partial charge on any atom is 0.190 e. The van der Waals surface area contributed by atoms with Gasteiger partial charge in [0.25, 0.3) is 0 Å². The Morgan fingerprint density at radius 1 is 1.35 bits per heavy atom. The zero-order valence-electron chi connectivity index (χ0n) is 11.2. The van der Waals surface area contributed by atoms with Gasteiger partial charge < -0.3 is 5.11 Å². The van der Waals surface area contributed by atoms with Crippen LogP contribution in [0.1, 0.15) is 40.5 Å². The molecule has 0 spiro atoms. The third-order valence-electron chi connectivity index (χ3n) is 4.38. The summed E-state index contributed by atoms with van der Waals surface area (Å²) in [6.45, 7) is 8.34. The van der Waals surface area contributed by atoms with Crippen molar-refractivity contribution in [2.24, 2.45) is 17.8 Å². The standard InChI is InChI=1S/C15H22O2/c1-8(2)11-6-5-9(3)13-12(11)7-10(4)14(16)15(13)17/h7-8,11-12,15,17H,5-6H2,1-4H3/t11-,12-,15-/m0/s1. The molecule has 0 saturated carbocycles. The number of carbonyl (C=O) groups excluding carboxylic acids is 1. The fourth-order valence-corrected chi connectivity index (χ4v) is 3.31. The third kappa shape index (κ3) is 1.99. The van der Waals surface area contributed by atoms with Gasteiger partial charge in [0.15, 0.2) is 5.78 Å². The molecule has 2 heteroatoms. The summed E-state index contributed by atoms with van der Waals surface area (Å²) in [5.74, 6) is 1.32. The van der Waals surface area contributed by atoms with Crippen LogP contribution in [0.15, 0.2) is 22.8 Å². The average Bonchev–Trinajstić information content (AvgIpc) is 2.25. The maximum atomic E-state index is 11.8. The van der Waals surface area contributed by atoms with Crippen LogP contribution in [-0.2, 0) is 4.79 Å². The molecular formula is C15H22O2. The normalized spacial score (nSPS) is 33.9. The van der Waals surface area contributed by atoms with E-state index in [1.54, 1.807) is 0 Å². The molecule has 0 fully saturated rings. The first-order valence-corrected chi connectivity index (χ1v) is 6.53. The molecule has 0 saturated heterocycles. The van der Waals surface area contributed by atoms with E-state index in [2.05, 4.69) is 26.8 Å². The molecular weight excluding hydrogens is 212 g/mol. The minimum atomic E-state index is -0.883. The van der Waals surface area contributed by atoms with Gasteiger partial charge in [-0.3, -0.25) is 4.79 Å². The van der Waals surface area contributed by atoms with Gasteiger partial charge in [0.1, 0.15) is 6.10 Å². The van der Waals surface area contributed by atoms with E-state index < -0.39 is 6.10 Å². The van der Waals surface area contributed by atoms with Crippen LogP contribution in [-0.4, -0.2) is 17.0 Å². The minimum absolute atomic E-state index is 0.111. The van der Waals surface area contributed by atoms with Gasteiger partial charge in [-0.1, -0.05) is 25.5 Å². The van der Waals surface area contributed by atoms with Crippen molar-refractivity contribution in [3.05, 3.63) is 22.8 Å². The lowest BCUT2D eigenvalue weighted by Crippen LogP contribution is -2.38. The number of aliphatic hydroxyl groups is 1. The van der Waals surface area contributed by atoms with Crippen LogP contribution >= 0.6 is 0 Å². The van der Waals surface area contributed by atoms with E-state index in [1.165, 1.54) is 12.0 Å². The molecule has 0 aromatic carbocycles. The molecule has 17 heavy (non-hydrogen) atoms. The predicted molar refractivity (Wildman–Crippen MR) is 68.5 cm³/mol. The number of Topliss-reactive ketones (excluding diaryl/α,β-unsaturated/α-hetero) is 1. The van der Waals surface area contributed by atoms with Gasteiger partial charge in [-0.2, -0.15) is 0 Å². The molecule has 0 unspecified atom stereocenters. The molecule has 0 aromatic heterocycles. The number of aliphatic hydroxyl groups excluding tert-OH is 1. The van der Waals surface area contributed by atoms with Crippen LogP contribution in [0.4, 0.5) is 0 Å². The van der Waals surface area contributed by atoms with E-state index in [-0.39, 0.29) is 11.7 Å². The maximum absolute atomic E-state index is 11.8. The number of hydrogen-bond donors (Lipinski definition) is 1. The molecule has 2 aliphatic carbocycles. The van der Waals surface area contributed by atoms with E-state index >= 15 is 0 Å². The van der Waals surface area contributed by atoms with Crippen LogP contribution in [0.5, 0.6) is 0 Å². The number of hydrogen-bond acceptors (Lipinski definition) is 2. The van der Waals surface area contributed by atoms with Gasteiger partial charge in [0, 0.05) is 5.92 Å². The summed E-state index contributed by atoms with van der Waals surface area (Å²) >= 11 is 0. The Morgan fingerprint density at radius 2 is 2.00 bits per heavy atom. The molecule has 0 aliphatic heterocycles. The zero-order chi connectivity index (χ0) is 12.7. The molecule has 0 amide bonds. The van der Waals surface area contributed by atoms with E-state index in [0.717, 1.165) is 17.6 Å². The Labute approximate surface area is 103 Å². The summed E-state index contributed by atoms with van der Waals surface area (Å²) in [4.78, 5) is 11.8. The van der Waals surface area contributed by atoms with Crippen molar-refractivity contribution in [1.29, 1.82) is 0 Å². The zero-order valence-corrected chi connectivity index (χ0v) is 11.2. The van der Waals surface area contributed by atoms with Crippen molar-refractivity contribution in [3.63, 3.8) is 0 Å². The highest BCUT2D eigenvalue weighted by atomic mass is 16.3. The number of allylic oxidation sites excluding steroid dienone is 2. The Hall–Kier alpha value is -0.890. The Bertz CT molecular complexity index is 401. The Balaban J connectivity index is 2.48. The first-order chi connectivity index (χ1) is 7.93. The Morgan fingerprint density at radius 3 is 2.59 bits per heavy atom. The number of fused-ring (bicyclic) bond motifs is 1. The average molecular weight is 234 g/mol. The van der Waals surface area contributed by atoms with Crippen molar-refractivity contribution in [1.82, 2.24) is 0 Å². The van der Waals surface area contributed by atoms with Crippen molar-refractivity contribution in [2.75, 3.05) is 0 Å². The molecule has 0 aromatic rings. The summed E-state index contributed by atoms with van der Waals surface area (Å²) in [6, 6.07) is 0. The molecule has 3 atom stereocenters. The molecule has 2 nitrogen and oxygen atoms in total. The SMILES string of the molecule is CC1=C[C@@H]2C(=C(C)CC[C@H]2C(C)C)[C@H](O)C1=O. The highest BCUT2D eigenvalue weighted by Gasteiger charge is 2.39. The lowest BCUT2D eigenvalue weighted by atomic mass is 9.66. The van der Waals surface area contributed by atoms with Crippen molar-refractivity contribution >= 4 is 5.78 Å². The minimum Gasteiger partial charge on any atom is -0.380 e. The topological polar surface area (TPSA) is 37.3 Å². The highest BCUT2D eigenvalue weighted by Crippen LogP contribution is 2.43. The predicted octanol–water partition coefficient (Wildman–Crippen LogP) is 2.88. The van der Waals surface area contributed by atoms with Gasteiger partial charge in [0.05, 0.1) is 0 Å². The van der Waals surface area contributed by atoms with Crippen LogP contribution < -0.4 is 0 Å². The van der Waals surface area contributed by atoms with E-state index in [1.807, 2.05) is 6.92 Å². The Kier molecular flexibility index (Phi) is 3.26. The molecule has 0 bridgehead atoms. The summed E-state index contributed by atoms with van der Waals surface area (Å²) in [5.41, 5.74) is 2.94. The molecule has 1 N–H and O–H groups in total. The largest absolute Gasteiger partial charge is 0.380 e. The van der Waals surface area contributed by atoms with Crippen LogP contribution in [0, 0.1) is 17.8 Å². The second kappa shape index (κ2) is 4.41. The highest BCUT2D eigenvalue weighted by molar-refractivity contribution is 6.01.